The van der Waals surface area contributed by atoms with Gasteiger partial charge in [0.15, 0.2) is 0 Å². The Morgan fingerprint density at radius 2 is 1.75 bits per heavy atom. The molecule has 0 spiro atoms. The zero-order valence-electron chi connectivity index (χ0n) is 12.3. The molecular formula is C14H18BFO4. The van der Waals surface area contributed by atoms with Crippen LogP contribution in [0.3, 0.4) is 0 Å². The van der Waals surface area contributed by atoms with Crippen molar-refractivity contribution in [2.75, 3.05) is 7.11 Å². The van der Waals surface area contributed by atoms with Crippen LogP contribution in [0.15, 0.2) is 18.2 Å². The lowest BCUT2D eigenvalue weighted by molar-refractivity contribution is 0.00578. The molecule has 1 aromatic carbocycles. The fourth-order valence-corrected chi connectivity index (χ4v) is 1.99. The van der Waals surface area contributed by atoms with Crippen LogP contribution in [0.25, 0.3) is 0 Å². The van der Waals surface area contributed by atoms with Crippen molar-refractivity contribution in [1.82, 2.24) is 0 Å². The molecule has 0 saturated carbocycles. The van der Waals surface area contributed by atoms with Crippen molar-refractivity contribution in [2.24, 2.45) is 0 Å². The topological polar surface area (TPSA) is 44.8 Å². The molecule has 0 amide bonds. The minimum absolute atomic E-state index is 0.243. The van der Waals surface area contributed by atoms with Gasteiger partial charge in [-0.3, -0.25) is 0 Å². The molecule has 1 aliphatic rings. The van der Waals surface area contributed by atoms with Gasteiger partial charge >= 0.3 is 13.1 Å². The molecule has 4 nitrogen and oxygen atoms in total. The summed E-state index contributed by atoms with van der Waals surface area (Å²) < 4.78 is 29.9. The molecule has 0 N–H and O–H groups in total. The van der Waals surface area contributed by atoms with Gasteiger partial charge < -0.3 is 14.0 Å². The number of halogens is 1. The number of carbonyl (C=O) groups is 1. The Balaban J connectivity index is 2.44. The van der Waals surface area contributed by atoms with Crippen LogP contribution < -0.4 is 5.46 Å². The van der Waals surface area contributed by atoms with Gasteiger partial charge in [0.25, 0.3) is 0 Å². The Labute approximate surface area is 118 Å². The molecule has 0 aromatic heterocycles. The van der Waals surface area contributed by atoms with Crippen molar-refractivity contribution in [2.45, 2.75) is 38.9 Å². The Hall–Kier alpha value is -1.40. The van der Waals surface area contributed by atoms with Gasteiger partial charge in [0, 0.05) is 0 Å². The van der Waals surface area contributed by atoms with E-state index in [4.69, 9.17) is 14.0 Å². The van der Waals surface area contributed by atoms with Crippen LogP contribution in [0.1, 0.15) is 38.1 Å². The number of esters is 1. The molecule has 1 aliphatic heterocycles. The van der Waals surface area contributed by atoms with E-state index in [2.05, 4.69) is 0 Å². The lowest BCUT2D eigenvalue weighted by Gasteiger charge is -2.32. The first-order valence-electron chi connectivity index (χ1n) is 6.41. The molecule has 6 heteroatoms. The van der Waals surface area contributed by atoms with Gasteiger partial charge in [0.05, 0.1) is 23.9 Å². The fourth-order valence-electron chi connectivity index (χ4n) is 1.99. The summed E-state index contributed by atoms with van der Waals surface area (Å²) in [7, 11) is 0.476. The molecule has 0 unspecified atom stereocenters. The van der Waals surface area contributed by atoms with Gasteiger partial charge in [0.1, 0.15) is 5.82 Å². The van der Waals surface area contributed by atoms with E-state index in [1.54, 1.807) is 0 Å². The first-order chi connectivity index (χ1) is 9.18. The Bertz CT molecular complexity index is 526. The van der Waals surface area contributed by atoms with Crippen molar-refractivity contribution < 1.29 is 23.2 Å². The molecule has 20 heavy (non-hydrogen) atoms. The first-order valence-corrected chi connectivity index (χ1v) is 6.41. The smallest absolute Gasteiger partial charge is 0.465 e. The second-order valence-corrected chi connectivity index (χ2v) is 5.81. The predicted molar refractivity (Wildman–Crippen MR) is 73.5 cm³/mol. The van der Waals surface area contributed by atoms with E-state index in [1.807, 2.05) is 27.7 Å². The molecule has 1 aromatic rings. The van der Waals surface area contributed by atoms with Crippen LogP contribution in [0, 0.1) is 5.82 Å². The minimum Gasteiger partial charge on any atom is -0.465 e. The summed E-state index contributed by atoms with van der Waals surface area (Å²) in [5.74, 6) is -1.00. The number of ether oxygens (including phenoxy) is 1. The summed E-state index contributed by atoms with van der Waals surface area (Å²) in [6.07, 6.45) is 0. The first kappa shape index (κ1) is 15.0. The third-order valence-electron chi connectivity index (χ3n) is 3.93. The summed E-state index contributed by atoms with van der Waals surface area (Å²) in [5.41, 5.74) is -0.530. The number of rotatable bonds is 2. The zero-order valence-corrected chi connectivity index (χ0v) is 12.3. The highest BCUT2D eigenvalue weighted by atomic mass is 19.1. The van der Waals surface area contributed by atoms with E-state index in [9.17, 15) is 9.18 Å². The van der Waals surface area contributed by atoms with Crippen LogP contribution >= 0.6 is 0 Å². The van der Waals surface area contributed by atoms with E-state index in [-0.39, 0.29) is 5.56 Å². The maximum atomic E-state index is 13.5. The summed E-state index contributed by atoms with van der Waals surface area (Å²) in [6, 6.07) is 3.83. The monoisotopic (exact) mass is 280 g/mol. The van der Waals surface area contributed by atoms with Crippen LogP contribution in [0.2, 0.25) is 0 Å². The van der Waals surface area contributed by atoms with E-state index in [1.165, 1.54) is 25.3 Å². The Morgan fingerprint density at radius 3 is 2.25 bits per heavy atom. The van der Waals surface area contributed by atoms with Crippen LogP contribution in [0.5, 0.6) is 0 Å². The summed E-state index contributed by atoms with van der Waals surface area (Å²) in [4.78, 5) is 11.8. The van der Waals surface area contributed by atoms with Crippen molar-refractivity contribution in [3.05, 3.63) is 29.6 Å². The van der Waals surface area contributed by atoms with Gasteiger partial charge in [-0.05, 0) is 51.4 Å². The van der Waals surface area contributed by atoms with E-state index in [0.29, 0.717) is 5.46 Å². The van der Waals surface area contributed by atoms with Gasteiger partial charge in [-0.15, -0.1) is 0 Å². The lowest BCUT2D eigenvalue weighted by atomic mass is 9.76. The highest BCUT2D eigenvalue weighted by molar-refractivity contribution is 6.63. The Kier molecular flexibility index (Phi) is 3.65. The van der Waals surface area contributed by atoms with Gasteiger partial charge in [-0.25, -0.2) is 9.18 Å². The molecule has 2 rings (SSSR count). The number of benzene rings is 1. The standard InChI is InChI=1S/C14H18BFO4/c1-13(2)14(3,4)20-15(19-13)11-8-9(16)6-7-10(11)12(17)18-5/h6-8H,1-5H3. The zero-order chi connectivity index (χ0) is 15.1. The normalized spacial score (nSPS) is 20.0. The third kappa shape index (κ3) is 2.45. The van der Waals surface area contributed by atoms with Crippen LogP contribution in [-0.2, 0) is 14.0 Å². The number of hydrogen-bond donors (Lipinski definition) is 0. The molecule has 1 heterocycles. The summed E-state index contributed by atoms with van der Waals surface area (Å²) in [5, 5.41) is 0. The fraction of sp³-hybridized carbons (Fsp3) is 0.500. The average molecular weight is 280 g/mol. The van der Waals surface area contributed by atoms with Crippen molar-refractivity contribution >= 4 is 18.6 Å². The molecule has 0 radical (unpaired) electrons. The van der Waals surface area contributed by atoms with Crippen LogP contribution in [-0.4, -0.2) is 31.4 Å². The number of carbonyl (C=O) groups excluding carboxylic acids is 1. The van der Waals surface area contributed by atoms with Crippen LogP contribution in [0.4, 0.5) is 4.39 Å². The maximum Gasteiger partial charge on any atom is 0.495 e. The van der Waals surface area contributed by atoms with E-state index < -0.39 is 30.1 Å². The largest absolute Gasteiger partial charge is 0.495 e. The van der Waals surface area contributed by atoms with Crippen molar-refractivity contribution in [3.8, 4) is 0 Å². The van der Waals surface area contributed by atoms with E-state index >= 15 is 0 Å². The Morgan fingerprint density at radius 1 is 1.20 bits per heavy atom. The minimum atomic E-state index is -0.801. The number of methoxy groups -OCH3 is 1. The van der Waals surface area contributed by atoms with Gasteiger partial charge in [0.2, 0.25) is 0 Å². The summed E-state index contributed by atoms with van der Waals surface area (Å²) >= 11 is 0. The third-order valence-corrected chi connectivity index (χ3v) is 3.93. The second-order valence-electron chi connectivity index (χ2n) is 5.81. The lowest BCUT2D eigenvalue weighted by Crippen LogP contribution is -2.41. The quantitative estimate of drug-likeness (QED) is 0.613. The molecule has 0 atom stereocenters. The van der Waals surface area contributed by atoms with Crippen molar-refractivity contribution in [3.63, 3.8) is 0 Å². The molecule has 1 fully saturated rings. The molecular weight excluding hydrogens is 262 g/mol. The highest BCUT2D eigenvalue weighted by Gasteiger charge is 2.52. The maximum absolute atomic E-state index is 13.5. The summed E-state index contributed by atoms with van der Waals surface area (Å²) in [6.45, 7) is 7.57. The molecule has 0 aliphatic carbocycles. The molecule has 1 saturated heterocycles. The van der Waals surface area contributed by atoms with E-state index in [0.717, 1.165) is 0 Å². The highest BCUT2D eigenvalue weighted by Crippen LogP contribution is 2.36. The van der Waals surface area contributed by atoms with Gasteiger partial charge in [-0.2, -0.15) is 0 Å². The molecule has 0 bridgehead atoms. The predicted octanol–water partition coefficient (Wildman–Crippen LogP) is 1.91. The van der Waals surface area contributed by atoms with Crippen molar-refractivity contribution in [1.29, 1.82) is 0 Å². The molecule has 108 valence electrons. The second kappa shape index (κ2) is 4.86. The average Bonchev–Trinajstić information content (AvgIpc) is 2.57. The SMILES string of the molecule is COC(=O)c1ccc(F)cc1B1OC(C)(C)C(C)(C)O1. The number of hydrogen-bond acceptors (Lipinski definition) is 4. The van der Waals surface area contributed by atoms with Gasteiger partial charge in [-0.1, -0.05) is 0 Å².